The molecule has 0 aliphatic heterocycles. The van der Waals surface area contributed by atoms with Gasteiger partial charge in [-0.1, -0.05) is 6.07 Å². The molecule has 1 aromatic rings. The quantitative estimate of drug-likeness (QED) is 0.715. The van der Waals surface area contributed by atoms with Crippen LogP contribution in [0, 0.1) is 6.92 Å². The summed E-state index contributed by atoms with van der Waals surface area (Å²) >= 11 is 3.43. The Labute approximate surface area is 140 Å². The zero-order valence-electron chi connectivity index (χ0n) is 13.3. The number of hydrogen-bond donors (Lipinski definition) is 1. The van der Waals surface area contributed by atoms with Gasteiger partial charge in [0.05, 0.1) is 5.69 Å². The van der Waals surface area contributed by atoms with E-state index in [0.717, 1.165) is 22.1 Å². The largest absolute Gasteiger partial charge is 0.385 e. The molecule has 0 aliphatic rings. The summed E-state index contributed by atoms with van der Waals surface area (Å²) in [6, 6.07) is 5.74. The van der Waals surface area contributed by atoms with Crippen LogP contribution >= 0.6 is 15.9 Å². The van der Waals surface area contributed by atoms with Crippen LogP contribution in [0.4, 0.5) is 5.69 Å². The van der Waals surface area contributed by atoms with Crippen LogP contribution in [-0.4, -0.2) is 43.5 Å². The number of amides is 2. The van der Waals surface area contributed by atoms with Gasteiger partial charge in [-0.2, -0.15) is 0 Å². The number of aryl methyl sites for hydroxylation is 1. The van der Waals surface area contributed by atoms with Crippen molar-refractivity contribution < 1.29 is 14.3 Å². The third-order valence-electron chi connectivity index (χ3n) is 3.23. The van der Waals surface area contributed by atoms with Crippen molar-refractivity contribution in [2.45, 2.75) is 26.7 Å². The van der Waals surface area contributed by atoms with Gasteiger partial charge in [0, 0.05) is 44.6 Å². The third-order valence-corrected chi connectivity index (χ3v) is 3.89. The van der Waals surface area contributed by atoms with Crippen LogP contribution in [0.1, 0.15) is 25.3 Å². The molecule has 0 bridgehead atoms. The second-order valence-electron chi connectivity index (χ2n) is 5.13. The van der Waals surface area contributed by atoms with Crippen LogP contribution in [0.2, 0.25) is 0 Å². The Balaban J connectivity index is 2.47. The average Bonchev–Trinajstić information content (AvgIpc) is 2.45. The number of nitrogens with one attached hydrogen (secondary N) is 1. The average molecular weight is 371 g/mol. The van der Waals surface area contributed by atoms with Gasteiger partial charge < -0.3 is 15.0 Å². The van der Waals surface area contributed by atoms with E-state index in [4.69, 9.17) is 4.74 Å². The number of halogens is 1. The van der Waals surface area contributed by atoms with E-state index in [1.807, 2.05) is 25.1 Å². The highest BCUT2D eigenvalue weighted by Crippen LogP contribution is 2.23. The van der Waals surface area contributed by atoms with Crippen LogP contribution in [0.15, 0.2) is 22.7 Å². The summed E-state index contributed by atoms with van der Waals surface area (Å²) in [6.07, 6.45) is 1.04. The van der Waals surface area contributed by atoms with E-state index in [2.05, 4.69) is 21.2 Å². The van der Waals surface area contributed by atoms with Crippen molar-refractivity contribution in [3.05, 3.63) is 28.2 Å². The minimum atomic E-state index is -0.109. The van der Waals surface area contributed by atoms with Gasteiger partial charge in [-0.25, -0.2) is 0 Å². The number of anilines is 1. The Morgan fingerprint density at radius 1 is 1.32 bits per heavy atom. The normalized spacial score (nSPS) is 10.4. The lowest BCUT2D eigenvalue weighted by Crippen LogP contribution is -2.33. The highest BCUT2D eigenvalue weighted by molar-refractivity contribution is 9.10. The van der Waals surface area contributed by atoms with Crippen molar-refractivity contribution >= 4 is 33.4 Å². The molecule has 1 aromatic carbocycles. The van der Waals surface area contributed by atoms with Crippen LogP contribution in [0.25, 0.3) is 0 Å². The zero-order chi connectivity index (χ0) is 16.5. The SMILES string of the molecule is COCCCN(CCC(=O)Nc1ccc(C)cc1Br)C(C)=O. The Hall–Kier alpha value is -1.40. The van der Waals surface area contributed by atoms with E-state index in [-0.39, 0.29) is 18.2 Å². The van der Waals surface area contributed by atoms with Gasteiger partial charge >= 0.3 is 0 Å². The number of carbonyl (C=O) groups excluding carboxylic acids is 2. The van der Waals surface area contributed by atoms with E-state index < -0.39 is 0 Å². The maximum Gasteiger partial charge on any atom is 0.226 e. The fourth-order valence-corrected chi connectivity index (χ4v) is 2.59. The van der Waals surface area contributed by atoms with Crippen molar-refractivity contribution in [2.75, 3.05) is 32.1 Å². The second kappa shape index (κ2) is 9.58. The molecule has 0 radical (unpaired) electrons. The summed E-state index contributed by atoms with van der Waals surface area (Å²) in [7, 11) is 1.63. The second-order valence-corrected chi connectivity index (χ2v) is 5.99. The lowest BCUT2D eigenvalue weighted by molar-refractivity contribution is -0.129. The first-order valence-corrected chi connectivity index (χ1v) is 8.03. The monoisotopic (exact) mass is 370 g/mol. The smallest absolute Gasteiger partial charge is 0.226 e. The maximum absolute atomic E-state index is 12.0. The van der Waals surface area contributed by atoms with E-state index in [1.165, 1.54) is 6.92 Å². The van der Waals surface area contributed by atoms with Gasteiger partial charge in [-0.3, -0.25) is 9.59 Å². The molecule has 0 aromatic heterocycles. The van der Waals surface area contributed by atoms with Crippen molar-refractivity contribution in [1.29, 1.82) is 0 Å². The summed E-state index contributed by atoms with van der Waals surface area (Å²) in [5.41, 5.74) is 1.86. The molecule has 0 saturated heterocycles. The van der Waals surface area contributed by atoms with E-state index in [0.29, 0.717) is 19.7 Å². The molecule has 6 heteroatoms. The number of rotatable bonds is 8. The van der Waals surface area contributed by atoms with Crippen molar-refractivity contribution in [3.63, 3.8) is 0 Å². The fourth-order valence-electron chi connectivity index (χ4n) is 2.00. The summed E-state index contributed by atoms with van der Waals surface area (Å²) in [5, 5.41) is 2.85. The molecule has 22 heavy (non-hydrogen) atoms. The van der Waals surface area contributed by atoms with Gasteiger partial charge in [0.15, 0.2) is 0 Å². The standard InChI is InChI=1S/C16H23BrN2O3/c1-12-5-6-15(14(17)11-12)18-16(21)7-9-19(13(2)20)8-4-10-22-3/h5-6,11H,4,7-10H2,1-3H3,(H,18,21). The third kappa shape index (κ3) is 6.58. The summed E-state index contributed by atoms with van der Waals surface area (Å²) in [6.45, 7) is 5.12. The lowest BCUT2D eigenvalue weighted by Gasteiger charge is -2.20. The van der Waals surface area contributed by atoms with Gasteiger partial charge in [0.25, 0.3) is 0 Å². The molecule has 1 rings (SSSR count). The van der Waals surface area contributed by atoms with Gasteiger partial charge in [-0.15, -0.1) is 0 Å². The molecular formula is C16H23BrN2O3. The molecule has 0 heterocycles. The van der Waals surface area contributed by atoms with Crippen LogP contribution < -0.4 is 5.32 Å². The Kier molecular flexibility index (Phi) is 8.12. The number of hydrogen-bond acceptors (Lipinski definition) is 3. The Morgan fingerprint density at radius 3 is 2.64 bits per heavy atom. The molecule has 2 amide bonds. The molecule has 5 nitrogen and oxygen atoms in total. The highest BCUT2D eigenvalue weighted by atomic mass is 79.9. The van der Waals surface area contributed by atoms with E-state index >= 15 is 0 Å². The summed E-state index contributed by atoms with van der Waals surface area (Å²) < 4.78 is 5.83. The van der Waals surface area contributed by atoms with Crippen molar-refractivity contribution in [3.8, 4) is 0 Å². The number of benzene rings is 1. The molecule has 0 atom stereocenters. The summed E-state index contributed by atoms with van der Waals surface area (Å²) in [5.74, 6) is -0.136. The fraction of sp³-hybridized carbons (Fsp3) is 0.500. The first-order chi connectivity index (χ1) is 10.4. The Bertz CT molecular complexity index is 520. The van der Waals surface area contributed by atoms with Gasteiger partial charge in [0.2, 0.25) is 11.8 Å². The number of methoxy groups -OCH3 is 1. The van der Waals surface area contributed by atoms with Crippen LogP contribution in [-0.2, 0) is 14.3 Å². The molecule has 0 spiro atoms. The van der Waals surface area contributed by atoms with E-state index in [1.54, 1.807) is 12.0 Å². The molecule has 0 fully saturated rings. The van der Waals surface area contributed by atoms with Crippen molar-refractivity contribution in [1.82, 2.24) is 4.90 Å². The highest BCUT2D eigenvalue weighted by Gasteiger charge is 2.12. The van der Waals surface area contributed by atoms with Gasteiger partial charge in [0.1, 0.15) is 0 Å². The Morgan fingerprint density at radius 2 is 2.05 bits per heavy atom. The number of carbonyl (C=O) groups is 2. The molecule has 1 N–H and O–H groups in total. The predicted octanol–water partition coefficient (Wildman–Crippen LogP) is 2.97. The minimum Gasteiger partial charge on any atom is -0.385 e. The maximum atomic E-state index is 12.0. The molecular weight excluding hydrogens is 348 g/mol. The number of ether oxygens (including phenoxy) is 1. The minimum absolute atomic E-state index is 0.0274. The van der Waals surface area contributed by atoms with E-state index in [9.17, 15) is 9.59 Å². The molecule has 0 unspecified atom stereocenters. The van der Waals surface area contributed by atoms with Crippen molar-refractivity contribution in [2.24, 2.45) is 0 Å². The topological polar surface area (TPSA) is 58.6 Å². The first-order valence-electron chi connectivity index (χ1n) is 7.24. The zero-order valence-corrected chi connectivity index (χ0v) is 14.9. The molecule has 0 aliphatic carbocycles. The van der Waals surface area contributed by atoms with Gasteiger partial charge in [-0.05, 0) is 47.0 Å². The van der Waals surface area contributed by atoms with Crippen LogP contribution in [0.3, 0.4) is 0 Å². The predicted molar refractivity (Wildman–Crippen MR) is 90.9 cm³/mol. The summed E-state index contributed by atoms with van der Waals surface area (Å²) in [4.78, 5) is 25.2. The van der Waals surface area contributed by atoms with Crippen LogP contribution in [0.5, 0.6) is 0 Å². The lowest BCUT2D eigenvalue weighted by atomic mass is 10.2. The molecule has 0 saturated carbocycles. The molecule has 122 valence electrons. The number of nitrogens with zero attached hydrogens (tertiary/aromatic N) is 1. The first kappa shape index (κ1) is 18.6.